The molecule has 2 rings (SSSR count). The molecule has 1 aromatic rings. The van der Waals surface area contributed by atoms with Crippen LogP contribution < -0.4 is 20.1 Å². The minimum atomic E-state index is -0.367. The van der Waals surface area contributed by atoms with Crippen LogP contribution in [0.15, 0.2) is 12.1 Å². The summed E-state index contributed by atoms with van der Waals surface area (Å²) < 4.78 is 10.5. The molecule has 0 fully saturated rings. The smallest absolute Gasteiger partial charge is 0.237 e. The van der Waals surface area contributed by atoms with Gasteiger partial charge in [-0.25, -0.2) is 0 Å². The molecule has 0 radical (unpaired) electrons. The Morgan fingerprint density at radius 1 is 1.33 bits per heavy atom. The van der Waals surface area contributed by atoms with Crippen LogP contribution in [0.2, 0.25) is 0 Å². The van der Waals surface area contributed by atoms with Crippen LogP contribution in [0.25, 0.3) is 0 Å². The van der Waals surface area contributed by atoms with Crippen LogP contribution in [-0.2, 0) is 11.3 Å². The van der Waals surface area contributed by atoms with Crippen LogP contribution in [0.3, 0.4) is 0 Å². The van der Waals surface area contributed by atoms with Gasteiger partial charge in [0, 0.05) is 23.7 Å². The average Bonchev–Trinajstić information content (AvgIpc) is 2.80. The Morgan fingerprint density at radius 3 is 2.57 bits per heavy atom. The van der Waals surface area contributed by atoms with E-state index in [4.69, 9.17) is 9.47 Å². The number of benzene rings is 1. The van der Waals surface area contributed by atoms with E-state index in [1.54, 1.807) is 13.0 Å². The van der Waals surface area contributed by atoms with Crippen LogP contribution in [0.1, 0.15) is 33.3 Å². The van der Waals surface area contributed by atoms with Crippen LogP contribution in [0.4, 0.5) is 0 Å². The lowest BCUT2D eigenvalue weighted by molar-refractivity contribution is -0.124. The second kappa shape index (κ2) is 5.81. The Kier molecular flexibility index (Phi) is 4.27. The zero-order valence-electron chi connectivity index (χ0n) is 12.8. The molecule has 6 nitrogen and oxygen atoms in total. The van der Waals surface area contributed by atoms with Crippen molar-refractivity contribution in [2.24, 2.45) is 0 Å². The summed E-state index contributed by atoms with van der Waals surface area (Å²) in [5.41, 5.74) is 0.392. The highest BCUT2D eigenvalue weighted by Crippen LogP contribution is 2.37. The number of nitrogens with one attached hydrogen (secondary N) is 2. The second-order valence-electron chi connectivity index (χ2n) is 6.18. The highest BCUT2D eigenvalue weighted by molar-refractivity contribution is 5.81. The summed E-state index contributed by atoms with van der Waals surface area (Å²) in [4.78, 5) is 12.0. The summed E-state index contributed by atoms with van der Waals surface area (Å²) in [6.45, 7) is 8.10. The average molecular weight is 294 g/mol. The van der Waals surface area contributed by atoms with Crippen LogP contribution in [0, 0.1) is 0 Å². The number of fused-ring (bicyclic) bond motifs is 1. The van der Waals surface area contributed by atoms with E-state index in [1.807, 2.05) is 20.8 Å². The summed E-state index contributed by atoms with van der Waals surface area (Å²) in [5.74, 6) is 1.18. The number of phenols is 1. The molecule has 1 aliphatic heterocycles. The predicted octanol–water partition coefficient (Wildman–Crippen LogP) is 1.51. The first-order valence-corrected chi connectivity index (χ1v) is 6.93. The molecular formula is C15H22N2O4. The van der Waals surface area contributed by atoms with E-state index in [2.05, 4.69) is 10.6 Å². The van der Waals surface area contributed by atoms with Gasteiger partial charge in [0.2, 0.25) is 12.7 Å². The number of ether oxygens (including phenoxy) is 2. The molecule has 1 aromatic carbocycles. The molecular weight excluding hydrogens is 272 g/mol. The molecule has 0 saturated carbocycles. The van der Waals surface area contributed by atoms with Crippen LogP contribution in [-0.4, -0.2) is 29.4 Å². The third-order valence-electron chi connectivity index (χ3n) is 3.06. The highest BCUT2D eigenvalue weighted by atomic mass is 16.7. The van der Waals surface area contributed by atoms with Crippen LogP contribution >= 0.6 is 0 Å². The summed E-state index contributed by atoms with van der Waals surface area (Å²) in [6, 6.07) is 2.88. The lowest BCUT2D eigenvalue weighted by atomic mass is 10.1. The monoisotopic (exact) mass is 294 g/mol. The van der Waals surface area contributed by atoms with Crippen molar-refractivity contribution >= 4 is 5.91 Å². The van der Waals surface area contributed by atoms with Gasteiger partial charge in [0.25, 0.3) is 0 Å². The van der Waals surface area contributed by atoms with E-state index in [0.29, 0.717) is 23.6 Å². The molecule has 0 saturated heterocycles. The van der Waals surface area contributed by atoms with Crippen molar-refractivity contribution in [3.8, 4) is 17.2 Å². The van der Waals surface area contributed by atoms with E-state index in [0.717, 1.165) is 0 Å². The summed E-state index contributed by atoms with van der Waals surface area (Å²) in [5, 5.41) is 15.9. The van der Waals surface area contributed by atoms with Gasteiger partial charge in [-0.3, -0.25) is 4.79 Å². The molecule has 3 N–H and O–H groups in total. The largest absolute Gasteiger partial charge is 0.507 e. The third kappa shape index (κ3) is 4.01. The van der Waals surface area contributed by atoms with Crippen molar-refractivity contribution in [1.82, 2.24) is 10.6 Å². The SMILES string of the molecule is CC(NCc1cc2c(cc1O)OCO2)C(=O)NC(C)(C)C. The maximum Gasteiger partial charge on any atom is 0.237 e. The molecule has 1 amide bonds. The molecule has 1 unspecified atom stereocenters. The molecule has 21 heavy (non-hydrogen) atoms. The standard InChI is InChI=1S/C15H22N2O4/c1-9(14(19)17-15(2,3)4)16-7-10-5-12-13(6-11(10)18)21-8-20-12/h5-6,9,16,18H,7-8H2,1-4H3,(H,17,19). The van der Waals surface area contributed by atoms with Crippen LogP contribution in [0.5, 0.6) is 17.2 Å². The normalized spacial score (nSPS) is 14.9. The number of phenolic OH excluding ortho intramolecular Hbond substituents is 1. The molecule has 0 bridgehead atoms. The van der Waals surface area contributed by atoms with Crippen molar-refractivity contribution in [2.75, 3.05) is 6.79 Å². The molecule has 0 spiro atoms. The lowest BCUT2D eigenvalue weighted by Crippen LogP contribution is -2.49. The number of rotatable bonds is 4. The quantitative estimate of drug-likeness (QED) is 0.784. The van der Waals surface area contributed by atoms with Gasteiger partial charge in [0.15, 0.2) is 11.5 Å². The van der Waals surface area contributed by atoms with Crippen molar-refractivity contribution in [3.05, 3.63) is 17.7 Å². The molecule has 1 atom stereocenters. The molecule has 1 aliphatic rings. The Hall–Kier alpha value is -1.95. The first-order chi connectivity index (χ1) is 9.76. The van der Waals surface area contributed by atoms with Gasteiger partial charge in [-0.2, -0.15) is 0 Å². The number of carbonyl (C=O) groups is 1. The molecule has 116 valence electrons. The minimum absolute atomic E-state index is 0.0808. The fourth-order valence-corrected chi connectivity index (χ4v) is 1.95. The van der Waals surface area contributed by atoms with Crippen molar-refractivity contribution in [2.45, 2.75) is 45.8 Å². The first kappa shape index (κ1) is 15.4. The molecule has 6 heteroatoms. The van der Waals surface area contributed by atoms with E-state index < -0.39 is 0 Å². The predicted molar refractivity (Wildman–Crippen MR) is 78.4 cm³/mol. The van der Waals surface area contributed by atoms with Gasteiger partial charge >= 0.3 is 0 Å². The summed E-state index contributed by atoms with van der Waals surface area (Å²) >= 11 is 0. The van der Waals surface area contributed by atoms with E-state index >= 15 is 0 Å². The summed E-state index contributed by atoms with van der Waals surface area (Å²) in [6.07, 6.45) is 0. The van der Waals surface area contributed by atoms with Crippen molar-refractivity contribution in [1.29, 1.82) is 0 Å². The third-order valence-corrected chi connectivity index (χ3v) is 3.06. The zero-order chi connectivity index (χ0) is 15.6. The maximum atomic E-state index is 12.0. The van der Waals surface area contributed by atoms with Gasteiger partial charge < -0.3 is 25.2 Å². The first-order valence-electron chi connectivity index (χ1n) is 6.93. The van der Waals surface area contributed by atoms with Crippen molar-refractivity contribution < 1.29 is 19.4 Å². The van der Waals surface area contributed by atoms with E-state index in [-0.39, 0.29) is 30.0 Å². The Morgan fingerprint density at radius 2 is 1.95 bits per heavy atom. The Bertz CT molecular complexity index is 537. The van der Waals surface area contributed by atoms with E-state index in [1.165, 1.54) is 6.07 Å². The Labute approximate surface area is 124 Å². The zero-order valence-corrected chi connectivity index (χ0v) is 12.8. The number of hydrogen-bond donors (Lipinski definition) is 3. The fourth-order valence-electron chi connectivity index (χ4n) is 1.95. The molecule has 0 aliphatic carbocycles. The number of amides is 1. The van der Waals surface area contributed by atoms with Gasteiger partial charge in [-0.15, -0.1) is 0 Å². The van der Waals surface area contributed by atoms with Gasteiger partial charge in [-0.1, -0.05) is 0 Å². The van der Waals surface area contributed by atoms with E-state index in [9.17, 15) is 9.90 Å². The lowest BCUT2D eigenvalue weighted by Gasteiger charge is -2.23. The second-order valence-corrected chi connectivity index (χ2v) is 6.18. The molecule has 0 aromatic heterocycles. The highest BCUT2D eigenvalue weighted by Gasteiger charge is 2.20. The van der Waals surface area contributed by atoms with Gasteiger partial charge in [-0.05, 0) is 33.8 Å². The molecule has 1 heterocycles. The number of aromatic hydroxyl groups is 1. The fraction of sp³-hybridized carbons (Fsp3) is 0.533. The number of hydrogen-bond acceptors (Lipinski definition) is 5. The Balaban J connectivity index is 1.95. The topological polar surface area (TPSA) is 79.8 Å². The maximum absolute atomic E-state index is 12.0. The van der Waals surface area contributed by atoms with Crippen molar-refractivity contribution in [3.63, 3.8) is 0 Å². The minimum Gasteiger partial charge on any atom is -0.507 e. The number of carbonyl (C=O) groups excluding carboxylic acids is 1. The van der Waals surface area contributed by atoms with Gasteiger partial charge in [0.1, 0.15) is 5.75 Å². The summed E-state index contributed by atoms with van der Waals surface area (Å²) in [7, 11) is 0. The van der Waals surface area contributed by atoms with Gasteiger partial charge in [0.05, 0.1) is 6.04 Å².